The van der Waals surface area contributed by atoms with E-state index < -0.39 is 20.2 Å². The second kappa shape index (κ2) is 10.4. The summed E-state index contributed by atoms with van der Waals surface area (Å²) in [5, 5.41) is 0.156. The Morgan fingerprint density at radius 1 is 1.06 bits per heavy atom. The molecule has 2 aliphatic heterocycles. The molecule has 2 fully saturated rings. The summed E-state index contributed by atoms with van der Waals surface area (Å²) in [6.45, 7) is 26.2. The van der Waals surface area contributed by atoms with E-state index in [0.29, 0.717) is 6.61 Å². The highest BCUT2D eigenvalue weighted by Crippen LogP contribution is 2.41. The Bertz CT molecular complexity index is 976. The summed E-state index contributed by atoms with van der Waals surface area (Å²) in [4.78, 5) is 0. The molecule has 0 aromatic heterocycles. The van der Waals surface area contributed by atoms with Crippen LogP contribution in [0.2, 0.25) is 18.1 Å². The Kier molecular flexibility index (Phi) is 8.45. The van der Waals surface area contributed by atoms with Crippen molar-refractivity contribution in [2.75, 3.05) is 6.61 Å². The molecule has 202 valence electrons. The molecule has 0 unspecified atom stereocenters. The number of hydrogen-bond acceptors (Lipinski definition) is 5. The van der Waals surface area contributed by atoms with Gasteiger partial charge in [-0.05, 0) is 90.6 Å². The normalized spacial score (nSPS) is 27.9. The van der Waals surface area contributed by atoms with Crippen molar-refractivity contribution in [3.63, 3.8) is 0 Å². The van der Waals surface area contributed by atoms with Gasteiger partial charge in [-0.1, -0.05) is 50.3 Å². The molecule has 0 saturated carbocycles. The van der Waals surface area contributed by atoms with Gasteiger partial charge in [0.2, 0.25) is 0 Å². The van der Waals surface area contributed by atoms with Gasteiger partial charge in [-0.2, -0.15) is 0 Å². The second-order valence-corrected chi connectivity index (χ2v) is 17.7. The van der Waals surface area contributed by atoms with Crippen LogP contribution in [0, 0.1) is 32.6 Å². The molecule has 0 spiro atoms. The van der Waals surface area contributed by atoms with E-state index in [1.165, 1.54) is 5.56 Å². The second-order valence-electron chi connectivity index (χ2n) is 12.9. The van der Waals surface area contributed by atoms with Crippen molar-refractivity contribution in [3.05, 3.63) is 28.8 Å². The maximum Gasteiger partial charge on any atom is 0.192 e. The number of hydrogen-bond donors (Lipinski definition) is 0. The summed E-state index contributed by atoms with van der Waals surface area (Å²) in [7, 11) is -1.90. The highest BCUT2D eigenvalue weighted by molar-refractivity contribution is 6.74. The van der Waals surface area contributed by atoms with Crippen LogP contribution in [0.15, 0.2) is 12.1 Å². The maximum absolute atomic E-state index is 6.69. The van der Waals surface area contributed by atoms with E-state index in [9.17, 15) is 0 Å². The van der Waals surface area contributed by atoms with Crippen molar-refractivity contribution >= 4 is 8.32 Å². The first kappa shape index (κ1) is 29.2. The van der Waals surface area contributed by atoms with Gasteiger partial charge in [-0.25, -0.2) is 0 Å². The standard InChI is InChI=1S/C30H48O5Si/c1-20-17-21(2)27(22(3)18-20)32-25(26-19-31-29(8,9)34-26)14-13-24-15-16-30(10,33-24)23(4)35-36(11,12)28(5,6)7/h17-18,23-26H,15-16,19H2,1-12H3/t23-,24+,25+,26-,30+/m1/s1. The minimum Gasteiger partial charge on any atom is -0.474 e. The summed E-state index contributed by atoms with van der Waals surface area (Å²) in [5.41, 5.74) is 3.05. The molecule has 2 saturated heterocycles. The van der Waals surface area contributed by atoms with Gasteiger partial charge < -0.3 is 23.4 Å². The molecule has 2 heterocycles. The van der Waals surface area contributed by atoms with Gasteiger partial charge in [0.1, 0.15) is 18.0 Å². The number of ether oxygens (including phenoxy) is 4. The summed E-state index contributed by atoms with van der Waals surface area (Å²) in [6, 6.07) is 4.27. The van der Waals surface area contributed by atoms with Crippen LogP contribution in [-0.4, -0.2) is 50.7 Å². The largest absolute Gasteiger partial charge is 0.474 e. The molecule has 0 N–H and O–H groups in total. The van der Waals surface area contributed by atoms with Gasteiger partial charge in [0.15, 0.2) is 20.2 Å². The summed E-state index contributed by atoms with van der Waals surface area (Å²) in [5.74, 6) is 6.97. The molecule has 0 bridgehead atoms. The van der Waals surface area contributed by atoms with Crippen molar-refractivity contribution in [1.29, 1.82) is 0 Å². The number of aryl methyl sites for hydroxylation is 3. The Morgan fingerprint density at radius 3 is 2.19 bits per heavy atom. The van der Waals surface area contributed by atoms with Crippen LogP contribution in [0.4, 0.5) is 0 Å². The fraction of sp³-hybridized carbons (Fsp3) is 0.733. The quantitative estimate of drug-likeness (QED) is 0.305. The van der Waals surface area contributed by atoms with Gasteiger partial charge in [0.05, 0.1) is 18.3 Å². The van der Waals surface area contributed by atoms with Gasteiger partial charge in [0.25, 0.3) is 0 Å². The minimum atomic E-state index is -1.90. The minimum absolute atomic E-state index is 0.00228. The van der Waals surface area contributed by atoms with Gasteiger partial charge in [0, 0.05) is 0 Å². The van der Waals surface area contributed by atoms with Crippen molar-refractivity contribution in [2.45, 2.75) is 136 Å². The molecule has 6 heteroatoms. The highest BCUT2D eigenvalue weighted by atomic mass is 28.4. The smallest absolute Gasteiger partial charge is 0.192 e. The molecule has 1 aromatic carbocycles. The fourth-order valence-corrected chi connectivity index (χ4v) is 6.21. The van der Waals surface area contributed by atoms with Crippen LogP contribution in [0.5, 0.6) is 5.75 Å². The van der Waals surface area contributed by atoms with E-state index >= 15 is 0 Å². The van der Waals surface area contributed by atoms with Crippen LogP contribution in [0.1, 0.15) is 78.0 Å². The van der Waals surface area contributed by atoms with Crippen molar-refractivity contribution in [3.8, 4) is 17.6 Å². The molecule has 0 amide bonds. The molecule has 0 radical (unpaired) electrons. The predicted molar refractivity (Wildman–Crippen MR) is 148 cm³/mol. The fourth-order valence-electron chi connectivity index (χ4n) is 4.72. The van der Waals surface area contributed by atoms with Crippen LogP contribution in [-0.2, 0) is 18.6 Å². The maximum atomic E-state index is 6.69. The Labute approximate surface area is 220 Å². The molecule has 0 aliphatic carbocycles. The molecule has 3 rings (SSSR count). The first-order chi connectivity index (χ1) is 16.4. The zero-order chi connectivity index (χ0) is 27.1. The van der Waals surface area contributed by atoms with Crippen molar-refractivity contribution in [1.82, 2.24) is 0 Å². The third kappa shape index (κ3) is 6.74. The van der Waals surface area contributed by atoms with E-state index in [2.05, 4.69) is 92.5 Å². The Balaban J connectivity index is 1.77. The predicted octanol–water partition coefficient (Wildman–Crippen LogP) is 6.86. The van der Waals surface area contributed by atoms with Crippen molar-refractivity contribution < 1.29 is 23.4 Å². The van der Waals surface area contributed by atoms with Gasteiger partial charge in [-0.3, -0.25) is 0 Å². The molecular formula is C30H48O5Si. The van der Waals surface area contributed by atoms with Crippen LogP contribution >= 0.6 is 0 Å². The lowest BCUT2D eigenvalue weighted by molar-refractivity contribution is -0.145. The van der Waals surface area contributed by atoms with Crippen LogP contribution < -0.4 is 4.74 Å². The van der Waals surface area contributed by atoms with E-state index in [-0.39, 0.29) is 29.0 Å². The monoisotopic (exact) mass is 516 g/mol. The van der Waals surface area contributed by atoms with Crippen LogP contribution in [0.25, 0.3) is 0 Å². The Hall–Kier alpha value is -1.36. The number of benzene rings is 1. The SMILES string of the molecule is Cc1cc(C)c(O[C@@H](C#C[C@H]2CC[C@@](C)([C@@H](C)O[Si](C)(C)C(C)(C)C)O2)[C@H]2COC(C)(C)O2)c(C)c1. The summed E-state index contributed by atoms with van der Waals surface area (Å²) >= 11 is 0. The lowest BCUT2D eigenvalue weighted by atomic mass is 9.96. The third-order valence-electron chi connectivity index (χ3n) is 8.06. The third-order valence-corrected chi connectivity index (χ3v) is 12.6. The van der Waals surface area contributed by atoms with E-state index in [1.807, 2.05) is 13.8 Å². The van der Waals surface area contributed by atoms with Gasteiger partial charge in [-0.15, -0.1) is 0 Å². The highest BCUT2D eigenvalue weighted by Gasteiger charge is 2.46. The first-order valence-electron chi connectivity index (χ1n) is 13.4. The topological polar surface area (TPSA) is 46.2 Å². The average Bonchev–Trinajstić information content (AvgIpc) is 3.28. The molecule has 5 nitrogen and oxygen atoms in total. The van der Waals surface area contributed by atoms with E-state index in [1.54, 1.807) is 0 Å². The van der Waals surface area contributed by atoms with E-state index in [0.717, 1.165) is 29.7 Å². The lowest BCUT2D eigenvalue weighted by Crippen LogP contribution is -2.50. The lowest BCUT2D eigenvalue weighted by Gasteiger charge is -2.42. The summed E-state index contributed by atoms with van der Waals surface area (Å²) < 4.78 is 31.7. The summed E-state index contributed by atoms with van der Waals surface area (Å²) in [6.07, 6.45) is 0.895. The van der Waals surface area contributed by atoms with Crippen LogP contribution in [0.3, 0.4) is 0 Å². The Morgan fingerprint density at radius 2 is 1.67 bits per heavy atom. The average molecular weight is 517 g/mol. The molecule has 5 atom stereocenters. The molecular weight excluding hydrogens is 468 g/mol. The zero-order valence-electron chi connectivity index (χ0n) is 24.6. The van der Waals surface area contributed by atoms with Crippen molar-refractivity contribution in [2.24, 2.45) is 0 Å². The zero-order valence-corrected chi connectivity index (χ0v) is 25.6. The molecule has 2 aliphatic rings. The molecule has 1 aromatic rings. The first-order valence-corrected chi connectivity index (χ1v) is 16.3. The molecule has 36 heavy (non-hydrogen) atoms. The van der Waals surface area contributed by atoms with Gasteiger partial charge >= 0.3 is 0 Å². The van der Waals surface area contributed by atoms with E-state index in [4.69, 9.17) is 23.4 Å². The number of rotatable bonds is 6.